The van der Waals surface area contributed by atoms with Gasteiger partial charge >= 0.3 is 0 Å². The van der Waals surface area contributed by atoms with Gasteiger partial charge < -0.3 is 32.2 Å². The van der Waals surface area contributed by atoms with Crippen molar-refractivity contribution in [2.45, 2.75) is 62.3 Å². The summed E-state index contributed by atoms with van der Waals surface area (Å²) in [7, 11) is 0. The molecule has 114 valence electrons. The molecule has 0 aromatic rings. The van der Waals surface area contributed by atoms with Gasteiger partial charge in [0, 0.05) is 25.0 Å². The molecular weight excluding hydrogens is 253 g/mol. The molecule has 1 aliphatic heterocycles. The van der Waals surface area contributed by atoms with Crippen LogP contribution in [-0.2, 0) is 4.74 Å². The smallest absolute Gasteiger partial charge is 0.131 e. The van der Waals surface area contributed by atoms with Crippen molar-refractivity contribution in [3.05, 3.63) is 0 Å². The highest BCUT2D eigenvalue weighted by Gasteiger charge is 2.31. The first-order valence-corrected chi connectivity index (χ1v) is 6.77. The second-order valence-corrected chi connectivity index (χ2v) is 5.32. The SMILES string of the molecule is NC1CC(N)CC(O)C1.NCC1OCCC(F)C1O. The molecule has 0 radical (unpaired) electrons. The monoisotopic (exact) mass is 279 g/mol. The van der Waals surface area contributed by atoms with E-state index in [1.807, 2.05) is 0 Å². The largest absolute Gasteiger partial charge is 0.393 e. The topological polar surface area (TPSA) is 128 Å². The van der Waals surface area contributed by atoms with E-state index in [2.05, 4.69) is 0 Å². The third-order valence-electron chi connectivity index (χ3n) is 3.46. The Morgan fingerprint density at radius 2 is 1.68 bits per heavy atom. The summed E-state index contributed by atoms with van der Waals surface area (Å²) >= 11 is 0. The Balaban J connectivity index is 0.000000191. The molecule has 1 aliphatic carbocycles. The van der Waals surface area contributed by atoms with Gasteiger partial charge in [-0.05, 0) is 19.3 Å². The Morgan fingerprint density at radius 3 is 2.11 bits per heavy atom. The normalized spacial score (nSPS) is 43.3. The highest BCUT2D eigenvalue weighted by Crippen LogP contribution is 2.16. The second kappa shape index (κ2) is 8.08. The first kappa shape index (κ1) is 16.7. The van der Waals surface area contributed by atoms with E-state index in [-0.39, 0.29) is 31.2 Å². The van der Waals surface area contributed by atoms with Crippen LogP contribution in [0.25, 0.3) is 0 Å². The minimum absolute atomic E-state index is 0.115. The fraction of sp³-hybridized carbons (Fsp3) is 1.00. The van der Waals surface area contributed by atoms with Crippen molar-refractivity contribution in [1.82, 2.24) is 0 Å². The van der Waals surface area contributed by atoms with Gasteiger partial charge in [0.05, 0.1) is 18.8 Å². The first-order chi connectivity index (χ1) is 8.93. The van der Waals surface area contributed by atoms with E-state index >= 15 is 0 Å². The van der Waals surface area contributed by atoms with Crippen molar-refractivity contribution in [2.75, 3.05) is 13.2 Å². The van der Waals surface area contributed by atoms with E-state index in [4.69, 9.17) is 32.2 Å². The fourth-order valence-electron chi connectivity index (χ4n) is 2.42. The zero-order chi connectivity index (χ0) is 14.4. The molecule has 2 rings (SSSR count). The van der Waals surface area contributed by atoms with E-state index in [9.17, 15) is 4.39 Å². The summed E-state index contributed by atoms with van der Waals surface area (Å²) in [4.78, 5) is 0. The molecule has 1 heterocycles. The highest BCUT2D eigenvalue weighted by atomic mass is 19.1. The van der Waals surface area contributed by atoms with Gasteiger partial charge in [0.25, 0.3) is 0 Å². The van der Waals surface area contributed by atoms with Crippen LogP contribution in [0.4, 0.5) is 4.39 Å². The predicted octanol–water partition coefficient (Wildman–Crippen LogP) is -1.38. The summed E-state index contributed by atoms with van der Waals surface area (Å²) in [5, 5.41) is 18.1. The lowest BCUT2D eigenvalue weighted by atomic mass is 9.90. The van der Waals surface area contributed by atoms with E-state index in [0.29, 0.717) is 19.4 Å². The van der Waals surface area contributed by atoms with Gasteiger partial charge in [-0.25, -0.2) is 4.39 Å². The summed E-state index contributed by atoms with van der Waals surface area (Å²) in [6.45, 7) is 0.543. The van der Waals surface area contributed by atoms with Crippen LogP contribution in [0.2, 0.25) is 0 Å². The fourth-order valence-corrected chi connectivity index (χ4v) is 2.42. The Kier molecular flexibility index (Phi) is 7.12. The van der Waals surface area contributed by atoms with Crippen molar-refractivity contribution < 1.29 is 19.3 Å². The van der Waals surface area contributed by atoms with Gasteiger partial charge in [0.15, 0.2) is 0 Å². The number of ether oxygens (including phenoxy) is 1. The summed E-state index contributed by atoms with van der Waals surface area (Å²) in [5.41, 5.74) is 16.4. The van der Waals surface area contributed by atoms with Crippen molar-refractivity contribution in [3.63, 3.8) is 0 Å². The molecule has 0 bridgehead atoms. The third kappa shape index (κ3) is 5.68. The Labute approximate surface area is 113 Å². The van der Waals surface area contributed by atoms with Crippen LogP contribution >= 0.6 is 0 Å². The zero-order valence-electron chi connectivity index (χ0n) is 11.1. The van der Waals surface area contributed by atoms with Gasteiger partial charge in [-0.3, -0.25) is 0 Å². The third-order valence-corrected chi connectivity index (χ3v) is 3.46. The first-order valence-electron chi connectivity index (χ1n) is 6.77. The maximum absolute atomic E-state index is 12.6. The molecule has 0 aromatic heterocycles. The molecule has 1 saturated carbocycles. The molecule has 0 spiro atoms. The minimum atomic E-state index is -1.16. The minimum Gasteiger partial charge on any atom is -0.393 e. The van der Waals surface area contributed by atoms with Crippen LogP contribution in [0.3, 0.4) is 0 Å². The number of nitrogens with two attached hydrogens (primary N) is 3. The Morgan fingerprint density at radius 1 is 1.11 bits per heavy atom. The van der Waals surface area contributed by atoms with Gasteiger partial charge in [-0.2, -0.15) is 0 Å². The van der Waals surface area contributed by atoms with Crippen LogP contribution < -0.4 is 17.2 Å². The van der Waals surface area contributed by atoms with E-state index in [0.717, 1.165) is 6.42 Å². The highest BCUT2D eigenvalue weighted by molar-refractivity contribution is 4.82. The number of halogens is 1. The van der Waals surface area contributed by atoms with E-state index in [1.165, 1.54) is 0 Å². The molecule has 19 heavy (non-hydrogen) atoms. The number of aliphatic hydroxyl groups excluding tert-OH is 2. The zero-order valence-corrected chi connectivity index (χ0v) is 11.1. The summed E-state index contributed by atoms with van der Waals surface area (Å²) < 4.78 is 17.6. The molecule has 5 atom stereocenters. The molecule has 2 fully saturated rings. The average molecular weight is 279 g/mol. The van der Waals surface area contributed by atoms with Crippen LogP contribution in [0.15, 0.2) is 0 Å². The van der Waals surface area contributed by atoms with Crippen molar-refractivity contribution >= 4 is 0 Å². The maximum atomic E-state index is 12.6. The molecule has 5 unspecified atom stereocenters. The molecule has 2 aliphatic rings. The number of aliphatic hydroxyl groups is 2. The lowest BCUT2D eigenvalue weighted by Gasteiger charge is -2.29. The molecule has 7 heteroatoms. The van der Waals surface area contributed by atoms with Crippen molar-refractivity contribution in [3.8, 4) is 0 Å². The molecule has 8 N–H and O–H groups in total. The lowest BCUT2D eigenvalue weighted by Crippen LogP contribution is -2.46. The molecule has 1 saturated heterocycles. The molecule has 0 aromatic carbocycles. The van der Waals surface area contributed by atoms with E-state index < -0.39 is 18.4 Å². The van der Waals surface area contributed by atoms with Crippen molar-refractivity contribution in [1.29, 1.82) is 0 Å². The number of hydrogen-bond acceptors (Lipinski definition) is 6. The van der Waals surface area contributed by atoms with Crippen LogP contribution in [0.1, 0.15) is 25.7 Å². The lowest BCUT2D eigenvalue weighted by molar-refractivity contribution is -0.107. The van der Waals surface area contributed by atoms with Crippen molar-refractivity contribution in [2.24, 2.45) is 17.2 Å². The summed E-state index contributed by atoms with van der Waals surface area (Å²) in [5.74, 6) is 0. The Bertz CT molecular complexity index is 235. The second-order valence-electron chi connectivity index (χ2n) is 5.32. The van der Waals surface area contributed by atoms with Crippen LogP contribution in [0, 0.1) is 0 Å². The molecular formula is C12H26FN3O3. The standard InChI is InChI=1S/C6H12FNO2.C6H14N2O/c7-4-1-2-10-5(3-8)6(4)9;7-4-1-5(8)3-6(9)2-4/h4-6,9H,1-3,8H2;4-6,9H,1-3,7-8H2. The number of rotatable bonds is 1. The van der Waals surface area contributed by atoms with Gasteiger partial charge in [-0.15, -0.1) is 0 Å². The Hall–Kier alpha value is -0.310. The van der Waals surface area contributed by atoms with Crippen LogP contribution in [-0.4, -0.2) is 59.9 Å². The number of hydrogen-bond donors (Lipinski definition) is 5. The summed E-state index contributed by atoms with van der Waals surface area (Å²) in [6.07, 6.45) is -0.399. The van der Waals surface area contributed by atoms with Gasteiger partial charge in [0.2, 0.25) is 0 Å². The van der Waals surface area contributed by atoms with Gasteiger partial charge in [0.1, 0.15) is 12.3 Å². The molecule has 6 nitrogen and oxygen atoms in total. The average Bonchev–Trinajstić information content (AvgIpc) is 2.31. The predicted molar refractivity (Wildman–Crippen MR) is 70.1 cm³/mol. The maximum Gasteiger partial charge on any atom is 0.131 e. The van der Waals surface area contributed by atoms with E-state index in [1.54, 1.807) is 0 Å². The van der Waals surface area contributed by atoms with Crippen LogP contribution in [0.5, 0.6) is 0 Å². The summed E-state index contributed by atoms with van der Waals surface area (Å²) in [6, 6.07) is 0.229. The van der Waals surface area contributed by atoms with Gasteiger partial charge in [-0.1, -0.05) is 0 Å². The molecule has 0 amide bonds. The quantitative estimate of drug-likeness (QED) is 0.402. The number of alkyl halides is 1.